The number of carbonyl (C=O) groups excluding carboxylic acids is 1. The van der Waals surface area contributed by atoms with Gasteiger partial charge in [-0.05, 0) is 12.8 Å². The molecular formula is C35H63N2O8P. The van der Waals surface area contributed by atoms with Crippen molar-refractivity contribution in [3.8, 4) is 0 Å². The Kier molecular flexibility index (Phi) is 23.3. The molecule has 0 aliphatic carbocycles. The van der Waals surface area contributed by atoms with Gasteiger partial charge in [0, 0.05) is 25.6 Å². The summed E-state index contributed by atoms with van der Waals surface area (Å²) in [6.45, 7) is 7.06. The Balaban J connectivity index is 1.80. The summed E-state index contributed by atoms with van der Waals surface area (Å²) in [5, 5.41) is 0. The largest absolute Gasteiger partial charge is 0.460 e. The minimum absolute atomic E-state index is 0.0916. The molecule has 46 heavy (non-hydrogen) atoms. The molecule has 0 amide bonds. The maximum absolute atomic E-state index is 12.3. The van der Waals surface area contributed by atoms with Crippen LogP contribution in [-0.2, 0) is 27.8 Å². The van der Waals surface area contributed by atoms with Crippen molar-refractivity contribution in [2.45, 2.75) is 174 Å². The highest BCUT2D eigenvalue weighted by molar-refractivity contribution is 7.41. The van der Waals surface area contributed by atoms with Crippen LogP contribution in [0.3, 0.4) is 0 Å². The summed E-state index contributed by atoms with van der Waals surface area (Å²) >= 11 is 0. The fourth-order valence-corrected chi connectivity index (χ4v) is 6.76. The summed E-state index contributed by atoms with van der Waals surface area (Å²) in [5.74, 6) is -0.440. The van der Waals surface area contributed by atoms with Crippen LogP contribution in [-0.4, -0.2) is 47.5 Å². The molecule has 3 atom stereocenters. The van der Waals surface area contributed by atoms with Crippen LogP contribution in [0.4, 0.5) is 0 Å². The monoisotopic (exact) mass is 670 g/mol. The molecule has 1 aliphatic rings. The van der Waals surface area contributed by atoms with E-state index in [0.717, 1.165) is 25.7 Å². The molecule has 1 aromatic rings. The van der Waals surface area contributed by atoms with Gasteiger partial charge in [-0.2, -0.15) is 0 Å². The molecule has 1 fully saturated rings. The molecule has 1 aliphatic heterocycles. The normalized spacial score (nSPS) is 18.0. The van der Waals surface area contributed by atoms with Crippen molar-refractivity contribution in [2.75, 3.05) is 19.8 Å². The highest BCUT2D eigenvalue weighted by Gasteiger charge is 2.39. The fraction of sp³-hybridized carbons (Fsp3) is 0.857. The van der Waals surface area contributed by atoms with Gasteiger partial charge in [-0.15, -0.1) is 0 Å². The van der Waals surface area contributed by atoms with E-state index in [0.29, 0.717) is 13.2 Å². The molecule has 10 nitrogen and oxygen atoms in total. The van der Waals surface area contributed by atoms with Crippen molar-refractivity contribution < 1.29 is 27.8 Å². The number of aromatic nitrogens is 2. The van der Waals surface area contributed by atoms with Crippen LogP contribution in [0.15, 0.2) is 21.9 Å². The maximum Gasteiger partial charge on any atom is 0.332 e. The lowest BCUT2D eigenvalue weighted by Gasteiger charge is -2.22. The Morgan fingerprint density at radius 3 is 1.72 bits per heavy atom. The van der Waals surface area contributed by atoms with E-state index in [1.807, 2.05) is 0 Å². The van der Waals surface area contributed by atoms with E-state index in [2.05, 4.69) is 18.8 Å². The average molecular weight is 671 g/mol. The zero-order valence-electron chi connectivity index (χ0n) is 29.0. The van der Waals surface area contributed by atoms with Gasteiger partial charge in [-0.1, -0.05) is 129 Å². The van der Waals surface area contributed by atoms with E-state index >= 15 is 0 Å². The first-order valence-electron chi connectivity index (χ1n) is 18.3. The van der Waals surface area contributed by atoms with Gasteiger partial charge in [0.1, 0.15) is 18.4 Å². The number of nitrogens with one attached hydrogen (secondary N) is 1. The standard InChI is InChI=1S/C35H63N2O8P/c1-4-6-8-10-12-14-16-18-20-22-26-41-46(42-27-23-21-19-17-15-13-11-9-7-5-2)43-29-32-31(44-30(3)38)28-34(45-32)37-25-24-33(39)36-35(37)40/h24-25,31-32,34H,4-23,26-29H2,1-3H3,(H,36,39,40)/t31-,32+,34+/m0/s1. The molecular weight excluding hydrogens is 607 g/mol. The van der Waals surface area contributed by atoms with Crippen LogP contribution in [0, 0.1) is 0 Å². The van der Waals surface area contributed by atoms with Crippen LogP contribution in [0.25, 0.3) is 0 Å². The van der Waals surface area contributed by atoms with E-state index in [1.54, 1.807) is 0 Å². The molecule has 11 heteroatoms. The Morgan fingerprint density at radius 1 is 0.783 bits per heavy atom. The van der Waals surface area contributed by atoms with Gasteiger partial charge in [0.25, 0.3) is 5.56 Å². The molecule has 0 unspecified atom stereocenters. The number of ether oxygens (including phenoxy) is 2. The number of hydrogen-bond donors (Lipinski definition) is 1. The number of rotatable bonds is 29. The number of nitrogens with zero attached hydrogens (tertiary/aromatic N) is 1. The lowest BCUT2D eigenvalue weighted by atomic mass is 10.1. The van der Waals surface area contributed by atoms with E-state index in [-0.39, 0.29) is 13.0 Å². The third-order valence-corrected chi connectivity index (χ3v) is 9.54. The van der Waals surface area contributed by atoms with E-state index < -0.39 is 44.3 Å². The summed E-state index contributed by atoms with van der Waals surface area (Å²) in [6.07, 6.45) is 24.8. The number of aromatic amines is 1. The van der Waals surface area contributed by atoms with Crippen molar-refractivity contribution in [2.24, 2.45) is 0 Å². The maximum atomic E-state index is 12.3. The summed E-state index contributed by atoms with van der Waals surface area (Å²) in [6, 6.07) is 1.26. The predicted molar refractivity (Wildman–Crippen MR) is 184 cm³/mol. The van der Waals surface area contributed by atoms with Gasteiger partial charge in [-0.25, -0.2) is 4.79 Å². The average Bonchev–Trinajstić information content (AvgIpc) is 3.41. The van der Waals surface area contributed by atoms with Gasteiger partial charge >= 0.3 is 20.3 Å². The fourth-order valence-electron chi connectivity index (χ4n) is 5.72. The Hall–Kier alpha value is -1.58. The van der Waals surface area contributed by atoms with Crippen molar-refractivity contribution in [1.29, 1.82) is 0 Å². The second kappa shape index (κ2) is 26.4. The topological polar surface area (TPSA) is 118 Å². The molecule has 266 valence electrons. The van der Waals surface area contributed by atoms with Crippen molar-refractivity contribution in [3.05, 3.63) is 33.1 Å². The number of hydrogen-bond acceptors (Lipinski definition) is 8. The minimum atomic E-state index is -1.60. The first-order chi connectivity index (χ1) is 22.4. The van der Waals surface area contributed by atoms with E-state index in [1.165, 1.54) is 126 Å². The molecule has 2 heterocycles. The predicted octanol–water partition coefficient (Wildman–Crippen LogP) is 8.87. The van der Waals surface area contributed by atoms with Gasteiger partial charge in [-0.3, -0.25) is 19.1 Å². The zero-order valence-corrected chi connectivity index (χ0v) is 29.9. The first-order valence-corrected chi connectivity index (χ1v) is 19.4. The van der Waals surface area contributed by atoms with Crippen molar-refractivity contribution >= 4 is 14.6 Å². The molecule has 0 bridgehead atoms. The van der Waals surface area contributed by atoms with Crippen LogP contribution < -0.4 is 11.2 Å². The SMILES string of the molecule is CCCCCCCCCCCCOP(OCCCCCCCCCCCC)OC[C@H]1O[C@@H](n2ccc(=O)[nH]c2=O)C[C@@H]1OC(C)=O. The lowest BCUT2D eigenvalue weighted by Crippen LogP contribution is -2.32. The smallest absolute Gasteiger partial charge is 0.332 e. The minimum Gasteiger partial charge on any atom is -0.460 e. The molecule has 0 spiro atoms. The molecule has 2 rings (SSSR count). The quantitative estimate of drug-likeness (QED) is 0.0510. The molecule has 0 aromatic carbocycles. The van der Waals surface area contributed by atoms with Crippen LogP contribution in [0.2, 0.25) is 0 Å². The molecule has 1 saturated heterocycles. The van der Waals surface area contributed by atoms with Crippen molar-refractivity contribution in [3.63, 3.8) is 0 Å². The number of carbonyl (C=O) groups is 1. The van der Waals surface area contributed by atoms with Gasteiger partial charge in [0.2, 0.25) is 0 Å². The third kappa shape index (κ3) is 18.7. The Labute approximate surface area is 278 Å². The highest BCUT2D eigenvalue weighted by atomic mass is 31.2. The molecule has 1 N–H and O–H groups in total. The highest BCUT2D eigenvalue weighted by Crippen LogP contribution is 2.42. The molecule has 0 saturated carbocycles. The van der Waals surface area contributed by atoms with Crippen LogP contribution in [0.1, 0.15) is 162 Å². The van der Waals surface area contributed by atoms with E-state index in [4.69, 9.17) is 23.0 Å². The Morgan fingerprint density at radius 2 is 1.26 bits per heavy atom. The van der Waals surface area contributed by atoms with Gasteiger partial charge < -0.3 is 23.0 Å². The van der Waals surface area contributed by atoms with E-state index in [9.17, 15) is 14.4 Å². The van der Waals surface area contributed by atoms with Gasteiger partial charge in [0.15, 0.2) is 0 Å². The number of unbranched alkanes of at least 4 members (excludes halogenated alkanes) is 18. The zero-order chi connectivity index (χ0) is 33.2. The van der Waals surface area contributed by atoms with Crippen molar-refractivity contribution in [1.82, 2.24) is 9.55 Å². The van der Waals surface area contributed by atoms with Crippen LogP contribution >= 0.6 is 8.60 Å². The summed E-state index contributed by atoms with van der Waals surface area (Å²) in [5.41, 5.74) is -1.07. The number of H-pyrrole nitrogens is 1. The summed E-state index contributed by atoms with van der Waals surface area (Å²) < 4.78 is 31.2. The number of esters is 1. The lowest BCUT2D eigenvalue weighted by molar-refractivity contribution is -0.150. The van der Waals surface area contributed by atoms with Crippen LogP contribution in [0.5, 0.6) is 0 Å². The summed E-state index contributed by atoms with van der Waals surface area (Å²) in [4.78, 5) is 37.9. The Bertz CT molecular complexity index is 993. The second-order valence-electron chi connectivity index (χ2n) is 12.6. The second-order valence-corrected chi connectivity index (χ2v) is 13.8. The first kappa shape index (κ1) is 40.6. The third-order valence-electron chi connectivity index (χ3n) is 8.39. The van der Waals surface area contributed by atoms with Gasteiger partial charge in [0.05, 0.1) is 19.8 Å². The molecule has 1 aromatic heterocycles. The molecule has 0 radical (unpaired) electrons. The summed E-state index contributed by atoms with van der Waals surface area (Å²) in [7, 11) is -1.60.